The van der Waals surface area contributed by atoms with Gasteiger partial charge in [-0.25, -0.2) is 14.5 Å². The molecule has 6 N–H and O–H groups in total. The van der Waals surface area contributed by atoms with Crippen molar-refractivity contribution in [3.63, 3.8) is 0 Å². The number of anilines is 3. The summed E-state index contributed by atoms with van der Waals surface area (Å²) in [7, 11) is -4.77. The van der Waals surface area contributed by atoms with Gasteiger partial charge < -0.3 is 35.4 Å². The Hall–Kier alpha value is -2.80. The standard InChI is InChI=1S/C18H22N5O8P/c19-16-13-17(21-8-20-16)23(9-22-13)18-15(26)14(25)11(30-18)7-29-32(27,28)31-12(24)6-10-4-2-1-3-5-10/h1-5,8,11,14-15,18,22,25-26H,6-7,9H2,(H,27,28)(H2,19,20,21)/t11-,14-,15-,18-/m1/s1. The number of nitrogen functional groups attached to an aromatic ring is 1. The monoisotopic (exact) mass is 467 g/mol. The van der Waals surface area contributed by atoms with Gasteiger partial charge in [0.2, 0.25) is 0 Å². The Kier molecular flexibility index (Phi) is 6.29. The van der Waals surface area contributed by atoms with Crippen molar-refractivity contribution < 1.29 is 38.3 Å². The summed E-state index contributed by atoms with van der Waals surface area (Å²) in [5, 5.41) is 23.7. The molecule has 1 fully saturated rings. The first-order valence-corrected chi connectivity index (χ1v) is 11.1. The summed E-state index contributed by atoms with van der Waals surface area (Å²) in [6, 6.07) is 8.53. The second-order valence-electron chi connectivity index (χ2n) is 7.20. The summed E-state index contributed by atoms with van der Waals surface area (Å²) in [5.41, 5.74) is 6.85. The maximum Gasteiger partial charge on any atom is 0.529 e. The van der Waals surface area contributed by atoms with E-state index in [4.69, 9.17) is 15.0 Å². The van der Waals surface area contributed by atoms with Gasteiger partial charge in [0.15, 0.2) is 17.9 Å². The molecule has 0 bridgehead atoms. The average Bonchev–Trinajstić information content (AvgIpc) is 3.29. The van der Waals surface area contributed by atoms with Crippen molar-refractivity contribution in [2.24, 2.45) is 0 Å². The Morgan fingerprint density at radius 3 is 2.78 bits per heavy atom. The Bertz CT molecular complexity index is 1030. The van der Waals surface area contributed by atoms with Gasteiger partial charge in [0.1, 0.15) is 30.3 Å². The highest BCUT2D eigenvalue weighted by Crippen LogP contribution is 2.45. The van der Waals surface area contributed by atoms with Crippen LogP contribution in [0, 0.1) is 0 Å². The molecule has 2 aromatic rings. The van der Waals surface area contributed by atoms with E-state index in [1.54, 1.807) is 30.3 Å². The molecule has 0 amide bonds. The van der Waals surface area contributed by atoms with E-state index in [9.17, 15) is 24.5 Å². The number of nitrogens with zero attached hydrogens (tertiary/aromatic N) is 3. The molecule has 1 aromatic carbocycles. The van der Waals surface area contributed by atoms with Crippen LogP contribution in [-0.2, 0) is 29.6 Å². The first-order valence-electron chi connectivity index (χ1n) is 9.61. The number of carbonyl (C=O) groups is 1. The predicted molar refractivity (Wildman–Crippen MR) is 110 cm³/mol. The van der Waals surface area contributed by atoms with Gasteiger partial charge in [-0.05, 0) is 5.56 Å². The van der Waals surface area contributed by atoms with Crippen LogP contribution in [0.2, 0.25) is 0 Å². The molecular weight excluding hydrogens is 445 g/mol. The van der Waals surface area contributed by atoms with Crippen LogP contribution in [0.1, 0.15) is 5.56 Å². The van der Waals surface area contributed by atoms with Crippen molar-refractivity contribution in [1.82, 2.24) is 9.97 Å². The molecule has 1 unspecified atom stereocenters. The number of nitrogens with one attached hydrogen (secondary N) is 1. The third-order valence-corrected chi connectivity index (χ3v) is 5.92. The van der Waals surface area contributed by atoms with E-state index in [1.165, 1.54) is 11.2 Å². The van der Waals surface area contributed by atoms with E-state index in [0.717, 1.165) is 0 Å². The number of nitrogens with two attached hydrogens (primary N) is 1. The smallest absolute Gasteiger partial charge is 0.387 e. The molecule has 0 spiro atoms. The van der Waals surface area contributed by atoms with Gasteiger partial charge in [-0.1, -0.05) is 30.3 Å². The quantitative estimate of drug-likeness (QED) is 0.331. The van der Waals surface area contributed by atoms with Crippen molar-refractivity contribution in [2.45, 2.75) is 31.0 Å². The highest BCUT2D eigenvalue weighted by Gasteiger charge is 2.48. The van der Waals surface area contributed by atoms with Crippen molar-refractivity contribution in [2.75, 3.05) is 29.2 Å². The summed E-state index contributed by atoms with van der Waals surface area (Å²) in [5.74, 6) is -0.369. The number of benzene rings is 1. The van der Waals surface area contributed by atoms with Gasteiger partial charge in [-0.3, -0.25) is 14.2 Å². The zero-order valence-electron chi connectivity index (χ0n) is 16.6. The first kappa shape index (κ1) is 22.4. The average molecular weight is 467 g/mol. The molecule has 4 rings (SSSR count). The number of phosphoric ester groups is 1. The molecule has 0 aliphatic carbocycles. The summed E-state index contributed by atoms with van der Waals surface area (Å²) >= 11 is 0. The molecule has 13 nitrogen and oxygen atoms in total. The third-order valence-electron chi connectivity index (χ3n) is 5.01. The lowest BCUT2D eigenvalue weighted by atomic mass is 10.1. The Morgan fingerprint density at radius 2 is 2.03 bits per heavy atom. The maximum atomic E-state index is 12.1. The van der Waals surface area contributed by atoms with E-state index < -0.39 is 44.9 Å². The summed E-state index contributed by atoms with van der Waals surface area (Å²) in [6.07, 6.45) is -4.01. The number of ether oxygens (including phenoxy) is 1. The number of aromatic nitrogens is 2. The SMILES string of the molecule is Nc1ncnc2c1NCN2[C@@H]1O[C@H](COP(=O)(O)OC(=O)Cc2ccccc2)[C@@H](O)[C@H]1O. The molecule has 172 valence electrons. The lowest BCUT2D eigenvalue weighted by Gasteiger charge is -2.26. The van der Waals surface area contributed by atoms with Gasteiger partial charge >= 0.3 is 13.8 Å². The van der Waals surface area contributed by atoms with E-state index in [0.29, 0.717) is 17.1 Å². The van der Waals surface area contributed by atoms with Crippen LogP contribution in [0.25, 0.3) is 0 Å². The lowest BCUT2D eigenvalue weighted by Crippen LogP contribution is -2.44. The predicted octanol–water partition coefficient (Wildman–Crippen LogP) is -0.402. The van der Waals surface area contributed by atoms with Gasteiger partial charge in [0, 0.05) is 0 Å². The summed E-state index contributed by atoms with van der Waals surface area (Å²) in [6.45, 7) is -0.434. The highest BCUT2D eigenvalue weighted by molar-refractivity contribution is 7.48. The Morgan fingerprint density at radius 1 is 1.28 bits per heavy atom. The van der Waals surface area contributed by atoms with Crippen LogP contribution in [-0.4, -0.2) is 68.9 Å². The zero-order chi connectivity index (χ0) is 22.9. The highest BCUT2D eigenvalue weighted by atomic mass is 31.2. The molecule has 2 aliphatic rings. The van der Waals surface area contributed by atoms with E-state index >= 15 is 0 Å². The van der Waals surface area contributed by atoms with E-state index in [2.05, 4.69) is 19.8 Å². The molecule has 5 atom stereocenters. The van der Waals surface area contributed by atoms with Crippen LogP contribution in [0.3, 0.4) is 0 Å². The fourth-order valence-corrected chi connectivity index (χ4v) is 4.18. The van der Waals surface area contributed by atoms with Crippen LogP contribution < -0.4 is 16.0 Å². The normalized spacial score (nSPS) is 26.3. The Labute approximate surface area is 182 Å². The van der Waals surface area contributed by atoms with Crippen LogP contribution >= 0.6 is 7.82 Å². The minimum atomic E-state index is -4.77. The van der Waals surface area contributed by atoms with Crippen molar-refractivity contribution in [3.8, 4) is 0 Å². The van der Waals surface area contributed by atoms with Crippen LogP contribution in [0.15, 0.2) is 36.7 Å². The second-order valence-corrected chi connectivity index (χ2v) is 8.58. The largest absolute Gasteiger partial charge is 0.529 e. The number of phosphoric acid groups is 1. The van der Waals surface area contributed by atoms with Crippen molar-refractivity contribution >= 4 is 31.1 Å². The summed E-state index contributed by atoms with van der Waals surface area (Å²) in [4.78, 5) is 31.3. The molecule has 1 saturated heterocycles. The van der Waals surface area contributed by atoms with E-state index in [1.807, 2.05) is 0 Å². The van der Waals surface area contributed by atoms with Crippen LogP contribution in [0.5, 0.6) is 0 Å². The maximum absolute atomic E-state index is 12.1. The van der Waals surface area contributed by atoms with E-state index in [-0.39, 0.29) is 18.9 Å². The number of fused-ring (bicyclic) bond motifs is 1. The van der Waals surface area contributed by atoms with Gasteiger partial charge in [-0.2, -0.15) is 0 Å². The topological polar surface area (TPSA) is 190 Å². The van der Waals surface area contributed by atoms with Crippen LogP contribution in [0.4, 0.5) is 17.3 Å². The zero-order valence-corrected chi connectivity index (χ0v) is 17.5. The van der Waals surface area contributed by atoms with Gasteiger partial charge in [0.05, 0.1) is 19.7 Å². The second kappa shape index (κ2) is 8.98. The molecule has 0 radical (unpaired) electrons. The number of rotatable bonds is 7. The number of aliphatic hydroxyl groups excluding tert-OH is 2. The third kappa shape index (κ3) is 4.67. The lowest BCUT2D eigenvalue weighted by molar-refractivity contribution is -0.135. The molecule has 0 saturated carbocycles. The van der Waals surface area contributed by atoms with Gasteiger partial charge in [0.25, 0.3) is 0 Å². The minimum absolute atomic E-state index is 0.176. The fourth-order valence-electron chi connectivity index (χ4n) is 3.47. The number of hydrogen-bond acceptors (Lipinski definition) is 12. The minimum Gasteiger partial charge on any atom is -0.387 e. The summed E-state index contributed by atoms with van der Waals surface area (Å²) < 4.78 is 27.2. The molecule has 2 aliphatic heterocycles. The number of carbonyl (C=O) groups excluding carboxylic acids is 1. The fraction of sp³-hybridized carbons (Fsp3) is 0.389. The first-order chi connectivity index (χ1) is 15.2. The number of hydrogen-bond donors (Lipinski definition) is 5. The van der Waals surface area contributed by atoms with Crippen molar-refractivity contribution in [3.05, 3.63) is 42.2 Å². The molecule has 1 aromatic heterocycles. The van der Waals surface area contributed by atoms with Crippen molar-refractivity contribution in [1.29, 1.82) is 0 Å². The molecule has 32 heavy (non-hydrogen) atoms. The Balaban J connectivity index is 1.34. The van der Waals surface area contributed by atoms with Gasteiger partial charge in [-0.15, -0.1) is 0 Å². The number of aliphatic hydroxyl groups is 2. The molecule has 14 heteroatoms. The molecule has 3 heterocycles. The molecular formula is C18H22N5O8P.